The number of benzene rings is 1. The van der Waals surface area contributed by atoms with Crippen LogP contribution in [0.5, 0.6) is 0 Å². The maximum atomic E-state index is 8.51. The van der Waals surface area contributed by atoms with Crippen LogP contribution in [0.4, 0.5) is 0 Å². The van der Waals surface area contributed by atoms with Crippen LogP contribution >= 0.6 is 0 Å². The van der Waals surface area contributed by atoms with E-state index in [1.54, 1.807) is 0 Å². The van der Waals surface area contributed by atoms with Crippen molar-refractivity contribution in [1.82, 2.24) is 5.32 Å². The number of rotatable bonds is 10. The average molecular weight is 237 g/mol. The molecule has 0 fully saturated rings. The first-order valence-electron chi connectivity index (χ1n) is 6.36. The van der Waals surface area contributed by atoms with Gasteiger partial charge >= 0.3 is 0 Å². The van der Waals surface area contributed by atoms with Crippen LogP contribution in [-0.2, 0) is 11.2 Å². The summed E-state index contributed by atoms with van der Waals surface area (Å²) in [5.74, 6) is 0. The van der Waals surface area contributed by atoms with E-state index in [0.29, 0.717) is 6.61 Å². The Hall–Kier alpha value is -0.900. The molecule has 2 N–H and O–H groups in total. The van der Waals surface area contributed by atoms with Gasteiger partial charge in [0.15, 0.2) is 0 Å². The van der Waals surface area contributed by atoms with Gasteiger partial charge in [0.2, 0.25) is 0 Å². The Balaban J connectivity index is 1.85. The number of aliphatic hydroxyl groups excluding tert-OH is 1. The SMILES string of the molecule is OCCOCCCNCCCc1ccccc1. The highest BCUT2D eigenvalue weighted by Crippen LogP contribution is 2.01. The minimum atomic E-state index is 0.116. The molecule has 3 heteroatoms. The van der Waals surface area contributed by atoms with Gasteiger partial charge in [0.05, 0.1) is 13.2 Å². The summed E-state index contributed by atoms with van der Waals surface area (Å²) in [6, 6.07) is 10.6. The number of aryl methyl sites for hydroxylation is 1. The molecule has 17 heavy (non-hydrogen) atoms. The van der Waals surface area contributed by atoms with Crippen molar-refractivity contribution in [2.45, 2.75) is 19.3 Å². The molecule has 3 nitrogen and oxygen atoms in total. The van der Waals surface area contributed by atoms with Crippen molar-refractivity contribution in [3.63, 3.8) is 0 Å². The van der Waals surface area contributed by atoms with Crippen molar-refractivity contribution < 1.29 is 9.84 Å². The third-order valence-corrected chi connectivity index (χ3v) is 2.54. The molecular formula is C14H23NO2. The molecular weight excluding hydrogens is 214 g/mol. The molecule has 0 spiro atoms. The van der Waals surface area contributed by atoms with Crippen LogP contribution in [0.25, 0.3) is 0 Å². The van der Waals surface area contributed by atoms with E-state index in [1.807, 2.05) is 6.07 Å². The van der Waals surface area contributed by atoms with E-state index < -0.39 is 0 Å². The maximum absolute atomic E-state index is 8.51. The molecule has 1 aromatic carbocycles. The van der Waals surface area contributed by atoms with Crippen molar-refractivity contribution in [3.8, 4) is 0 Å². The first kappa shape index (κ1) is 14.2. The normalized spacial score (nSPS) is 10.6. The van der Waals surface area contributed by atoms with Crippen molar-refractivity contribution in [2.24, 2.45) is 0 Å². The van der Waals surface area contributed by atoms with Crippen LogP contribution in [0.2, 0.25) is 0 Å². The molecule has 0 atom stereocenters. The maximum Gasteiger partial charge on any atom is 0.0697 e. The number of aliphatic hydroxyl groups is 1. The quantitative estimate of drug-likeness (QED) is 0.607. The molecule has 0 aromatic heterocycles. The lowest BCUT2D eigenvalue weighted by molar-refractivity contribution is 0.0907. The molecule has 1 rings (SSSR count). The van der Waals surface area contributed by atoms with Crippen LogP contribution < -0.4 is 5.32 Å². The molecule has 0 bridgehead atoms. The van der Waals surface area contributed by atoms with Crippen molar-refractivity contribution >= 4 is 0 Å². The highest BCUT2D eigenvalue weighted by Gasteiger charge is 1.92. The van der Waals surface area contributed by atoms with E-state index in [9.17, 15) is 0 Å². The Kier molecular flexibility index (Phi) is 8.55. The average Bonchev–Trinajstić information content (AvgIpc) is 2.38. The summed E-state index contributed by atoms with van der Waals surface area (Å²) < 4.78 is 5.17. The van der Waals surface area contributed by atoms with Crippen LogP contribution in [0.15, 0.2) is 30.3 Å². The molecule has 0 radical (unpaired) electrons. The lowest BCUT2D eigenvalue weighted by Crippen LogP contribution is -2.18. The Morgan fingerprint density at radius 1 is 1.00 bits per heavy atom. The van der Waals surface area contributed by atoms with Gasteiger partial charge < -0.3 is 15.2 Å². The summed E-state index contributed by atoms with van der Waals surface area (Å²) in [5.41, 5.74) is 1.40. The summed E-state index contributed by atoms with van der Waals surface area (Å²) in [4.78, 5) is 0. The Labute approximate surface area is 104 Å². The van der Waals surface area contributed by atoms with Gasteiger partial charge in [-0.2, -0.15) is 0 Å². The minimum absolute atomic E-state index is 0.116. The fourth-order valence-electron chi connectivity index (χ4n) is 1.65. The third kappa shape index (κ3) is 7.91. The van der Waals surface area contributed by atoms with E-state index >= 15 is 0 Å². The molecule has 0 amide bonds. The molecule has 0 aliphatic rings. The molecule has 0 saturated heterocycles. The first-order chi connectivity index (χ1) is 8.43. The van der Waals surface area contributed by atoms with Gasteiger partial charge in [0.1, 0.15) is 0 Å². The third-order valence-electron chi connectivity index (χ3n) is 2.54. The summed E-state index contributed by atoms with van der Waals surface area (Å²) in [6.45, 7) is 3.33. The summed E-state index contributed by atoms with van der Waals surface area (Å²) in [5, 5.41) is 11.9. The van der Waals surface area contributed by atoms with Gasteiger partial charge in [-0.1, -0.05) is 30.3 Å². The minimum Gasteiger partial charge on any atom is -0.394 e. The van der Waals surface area contributed by atoms with Crippen molar-refractivity contribution in [1.29, 1.82) is 0 Å². The van der Waals surface area contributed by atoms with Gasteiger partial charge in [0.25, 0.3) is 0 Å². The second-order valence-corrected chi connectivity index (χ2v) is 4.03. The molecule has 0 unspecified atom stereocenters. The molecule has 0 heterocycles. The van der Waals surface area contributed by atoms with Gasteiger partial charge in [-0.3, -0.25) is 0 Å². The molecule has 1 aromatic rings. The zero-order valence-electron chi connectivity index (χ0n) is 10.4. The zero-order valence-corrected chi connectivity index (χ0v) is 10.4. The van der Waals surface area contributed by atoms with Gasteiger partial charge in [0, 0.05) is 6.61 Å². The lowest BCUT2D eigenvalue weighted by atomic mass is 10.1. The largest absolute Gasteiger partial charge is 0.394 e. The van der Waals surface area contributed by atoms with Crippen molar-refractivity contribution in [3.05, 3.63) is 35.9 Å². The van der Waals surface area contributed by atoms with E-state index in [-0.39, 0.29) is 6.61 Å². The van der Waals surface area contributed by atoms with Gasteiger partial charge in [-0.05, 0) is 37.9 Å². The van der Waals surface area contributed by atoms with Crippen LogP contribution in [0, 0.1) is 0 Å². The lowest BCUT2D eigenvalue weighted by Gasteiger charge is -2.05. The molecule has 0 aliphatic heterocycles. The van der Waals surface area contributed by atoms with Crippen LogP contribution in [-0.4, -0.2) is 38.0 Å². The molecule has 0 saturated carbocycles. The number of hydrogen-bond acceptors (Lipinski definition) is 3. The molecule has 0 aliphatic carbocycles. The number of ether oxygens (including phenoxy) is 1. The summed E-state index contributed by atoms with van der Waals surface area (Å²) in [7, 11) is 0. The second kappa shape index (κ2) is 10.3. The second-order valence-electron chi connectivity index (χ2n) is 4.03. The highest BCUT2D eigenvalue weighted by atomic mass is 16.5. The topological polar surface area (TPSA) is 41.5 Å². The van der Waals surface area contributed by atoms with E-state index in [4.69, 9.17) is 9.84 Å². The smallest absolute Gasteiger partial charge is 0.0697 e. The predicted octanol–water partition coefficient (Wildman–Crippen LogP) is 1.61. The van der Waals surface area contributed by atoms with E-state index in [1.165, 1.54) is 12.0 Å². The number of hydrogen-bond donors (Lipinski definition) is 2. The Morgan fingerprint density at radius 3 is 2.53 bits per heavy atom. The van der Waals surface area contributed by atoms with E-state index in [2.05, 4.69) is 29.6 Å². The predicted molar refractivity (Wildman–Crippen MR) is 70.2 cm³/mol. The van der Waals surface area contributed by atoms with E-state index in [0.717, 1.165) is 32.5 Å². The zero-order chi connectivity index (χ0) is 12.2. The van der Waals surface area contributed by atoms with Crippen LogP contribution in [0.3, 0.4) is 0 Å². The Morgan fingerprint density at radius 2 is 1.76 bits per heavy atom. The van der Waals surface area contributed by atoms with Crippen LogP contribution in [0.1, 0.15) is 18.4 Å². The molecule has 96 valence electrons. The number of nitrogens with one attached hydrogen (secondary N) is 1. The van der Waals surface area contributed by atoms with Crippen molar-refractivity contribution in [2.75, 3.05) is 32.9 Å². The van der Waals surface area contributed by atoms with Gasteiger partial charge in [-0.25, -0.2) is 0 Å². The summed E-state index contributed by atoms with van der Waals surface area (Å²) >= 11 is 0. The Bertz CT molecular complexity index is 264. The fourth-order valence-corrected chi connectivity index (χ4v) is 1.65. The fraction of sp³-hybridized carbons (Fsp3) is 0.571. The van der Waals surface area contributed by atoms with Gasteiger partial charge in [-0.15, -0.1) is 0 Å². The summed E-state index contributed by atoms with van der Waals surface area (Å²) in [6.07, 6.45) is 3.31. The standard InChI is InChI=1S/C14H23NO2/c16-11-13-17-12-5-10-15-9-4-8-14-6-2-1-3-7-14/h1-3,6-7,15-16H,4-5,8-13H2. The highest BCUT2D eigenvalue weighted by molar-refractivity contribution is 5.14. The monoisotopic (exact) mass is 237 g/mol. The first-order valence-corrected chi connectivity index (χ1v) is 6.36.